The lowest BCUT2D eigenvalue weighted by molar-refractivity contribution is -0.0461. The average Bonchev–Trinajstić information content (AvgIpc) is 2.94. The molecule has 2 aromatic rings. The lowest BCUT2D eigenvalue weighted by Gasteiger charge is -2.32. The molecule has 2 N–H and O–H groups in total. The van der Waals surface area contributed by atoms with Gasteiger partial charge in [0.05, 0.1) is 12.7 Å². The van der Waals surface area contributed by atoms with Gasteiger partial charge >= 0.3 is 0 Å². The Bertz CT molecular complexity index is 634. The number of benzene rings is 1. The van der Waals surface area contributed by atoms with Crippen molar-refractivity contribution in [1.82, 2.24) is 20.1 Å². The van der Waals surface area contributed by atoms with E-state index in [0.29, 0.717) is 37.6 Å². The van der Waals surface area contributed by atoms with E-state index < -0.39 is 6.10 Å². The molecule has 0 radical (unpaired) electrons. The van der Waals surface area contributed by atoms with Crippen molar-refractivity contribution in [2.45, 2.75) is 19.1 Å². The van der Waals surface area contributed by atoms with E-state index in [-0.39, 0.29) is 11.9 Å². The smallest absolute Gasteiger partial charge is 0.180 e. The molecule has 22 heavy (non-hydrogen) atoms. The number of hydrogen-bond donors (Lipinski definition) is 2. The molecule has 1 aromatic heterocycles. The van der Waals surface area contributed by atoms with Crippen LogP contribution >= 0.6 is 0 Å². The standard InChI is InChI=1S/C15H19FN4O2/c1-10-17-15(19-18-10)14-9-20(5-6-22-14)8-13(21)11-3-2-4-12(16)7-11/h2-4,7,13-14,21H,5-6,8-9H2,1H3,(H,17,18,19)/t13-,14-/m0/s1. The maximum Gasteiger partial charge on any atom is 0.180 e. The monoisotopic (exact) mass is 306 g/mol. The van der Waals surface area contributed by atoms with E-state index in [0.717, 1.165) is 5.82 Å². The molecule has 1 aromatic carbocycles. The molecule has 0 amide bonds. The fourth-order valence-corrected chi connectivity index (χ4v) is 2.59. The third-order valence-electron chi connectivity index (χ3n) is 3.72. The number of aliphatic hydroxyl groups is 1. The molecule has 1 aliphatic rings. The van der Waals surface area contributed by atoms with Gasteiger partial charge in [-0.3, -0.25) is 10.00 Å². The highest BCUT2D eigenvalue weighted by Crippen LogP contribution is 2.22. The van der Waals surface area contributed by atoms with Gasteiger partial charge in [0.2, 0.25) is 0 Å². The van der Waals surface area contributed by atoms with Gasteiger partial charge in [0.25, 0.3) is 0 Å². The number of ether oxygens (including phenoxy) is 1. The van der Waals surface area contributed by atoms with Gasteiger partial charge in [-0.15, -0.1) is 0 Å². The van der Waals surface area contributed by atoms with Crippen LogP contribution in [0.4, 0.5) is 4.39 Å². The maximum atomic E-state index is 13.2. The van der Waals surface area contributed by atoms with Crippen LogP contribution in [-0.4, -0.2) is 51.4 Å². The lowest BCUT2D eigenvalue weighted by Crippen LogP contribution is -2.40. The summed E-state index contributed by atoms with van der Waals surface area (Å²) in [6.07, 6.45) is -0.943. The van der Waals surface area contributed by atoms with Gasteiger partial charge in [-0.2, -0.15) is 5.10 Å². The summed E-state index contributed by atoms with van der Waals surface area (Å²) in [5.74, 6) is 1.03. The molecular weight excluding hydrogens is 287 g/mol. The molecule has 0 spiro atoms. The second-order valence-corrected chi connectivity index (χ2v) is 5.47. The van der Waals surface area contributed by atoms with E-state index in [2.05, 4.69) is 20.1 Å². The fourth-order valence-electron chi connectivity index (χ4n) is 2.59. The molecule has 3 rings (SSSR count). The molecule has 1 fully saturated rings. The number of aliphatic hydroxyl groups excluding tert-OH is 1. The average molecular weight is 306 g/mol. The quantitative estimate of drug-likeness (QED) is 0.892. The van der Waals surface area contributed by atoms with Crippen molar-refractivity contribution in [2.75, 3.05) is 26.2 Å². The Morgan fingerprint density at radius 3 is 3.14 bits per heavy atom. The predicted octanol–water partition coefficient (Wildman–Crippen LogP) is 1.36. The van der Waals surface area contributed by atoms with Crippen LogP contribution in [0.2, 0.25) is 0 Å². The molecular formula is C15H19FN4O2. The summed E-state index contributed by atoms with van der Waals surface area (Å²) in [7, 11) is 0. The molecule has 0 saturated carbocycles. The van der Waals surface area contributed by atoms with Gasteiger partial charge in [0, 0.05) is 19.6 Å². The van der Waals surface area contributed by atoms with Crippen LogP contribution in [0.1, 0.15) is 29.4 Å². The van der Waals surface area contributed by atoms with Gasteiger partial charge in [0.1, 0.15) is 17.7 Å². The van der Waals surface area contributed by atoms with Crippen molar-refractivity contribution >= 4 is 0 Å². The SMILES string of the molecule is Cc1nc([C@@H]2CN(C[C@H](O)c3cccc(F)c3)CCO2)n[nH]1. The van der Waals surface area contributed by atoms with E-state index in [1.54, 1.807) is 12.1 Å². The highest BCUT2D eigenvalue weighted by Gasteiger charge is 2.26. The summed E-state index contributed by atoms with van der Waals surface area (Å²) >= 11 is 0. The second kappa shape index (κ2) is 6.51. The molecule has 1 saturated heterocycles. The summed E-state index contributed by atoms with van der Waals surface area (Å²) in [6.45, 7) is 4.13. The first-order valence-corrected chi connectivity index (χ1v) is 7.28. The first kappa shape index (κ1) is 15.1. The zero-order valence-electron chi connectivity index (χ0n) is 12.4. The Morgan fingerprint density at radius 2 is 2.41 bits per heavy atom. The lowest BCUT2D eigenvalue weighted by atomic mass is 10.1. The minimum Gasteiger partial charge on any atom is -0.387 e. The number of H-pyrrole nitrogens is 1. The summed E-state index contributed by atoms with van der Waals surface area (Å²) in [5, 5.41) is 17.2. The number of aromatic nitrogens is 3. The van der Waals surface area contributed by atoms with Gasteiger partial charge in [-0.25, -0.2) is 9.37 Å². The van der Waals surface area contributed by atoms with Crippen molar-refractivity contribution in [3.05, 3.63) is 47.3 Å². The van der Waals surface area contributed by atoms with Crippen LogP contribution in [0.3, 0.4) is 0 Å². The summed E-state index contributed by atoms with van der Waals surface area (Å²) in [5.41, 5.74) is 0.580. The summed E-state index contributed by atoms with van der Waals surface area (Å²) in [4.78, 5) is 6.37. The van der Waals surface area contributed by atoms with Gasteiger partial charge < -0.3 is 9.84 Å². The summed E-state index contributed by atoms with van der Waals surface area (Å²) in [6, 6.07) is 6.06. The number of halogens is 1. The van der Waals surface area contributed by atoms with Crippen LogP contribution in [0.25, 0.3) is 0 Å². The molecule has 118 valence electrons. The van der Waals surface area contributed by atoms with Crippen molar-refractivity contribution in [3.8, 4) is 0 Å². The zero-order valence-corrected chi connectivity index (χ0v) is 12.4. The van der Waals surface area contributed by atoms with E-state index in [1.807, 2.05) is 6.92 Å². The Morgan fingerprint density at radius 1 is 1.55 bits per heavy atom. The topological polar surface area (TPSA) is 74.3 Å². The van der Waals surface area contributed by atoms with Crippen LogP contribution in [-0.2, 0) is 4.74 Å². The minimum absolute atomic E-state index is 0.210. The molecule has 0 aliphatic carbocycles. The van der Waals surface area contributed by atoms with Crippen molar-refractivity contribution in [2.24, 2.45) is 0 Å². The number of aryl methyl sites for hydroxylation is 1. The fraction of sp³-hybridized carbons (Fsp3) is 0.467. The van der Waals surface area contributed by atoms with E-state index in [4.69, 9.17) is 4.74 Å². The highest BCUT2D eigenvalue weighted by atomic mass is 19.1. The molecule has 2 heterocycles. The second-order valence-electron chi connectivity index (χ2n) is 5.47. The number of rotatable bonds is 4. The van der Waals surface area contributed by atoms with Crippen LogP contribution in [0, 0.1) is 12.7 Å². The molecule has 0 unspecified atom stereocenters. The van der Waals surface area contributed by atoms with Crippen LogP contribution in [0.5, 0.6) is 0 Å². The van der Waals surface area contributed by atoms with E-state index in [1.165, 1.54) is 12.1 Å². The molecule has 1 aliphatic heterocycles. The molecule has 6 nitrogen and oxygen atoms in total. The first-order chi connectivity index (χ1) is 10.6. The van der Waals surface area contributed by atoms with Crippen molar-refractivity contribution in [1.29, 1.82) is 0 Å². The van der Waals surface area contributed by atoms with Crippen LogP contribution in [0.15, 0.2) is 24.3 Å². The third-order valence-corrected chi connectivity index (χ3v) is 3.72. The zero-order chi connectivity index (χ0) is 15.5. The number of β-amino-alcohol motifs (C(OH)–C–C–N with tert-alkyl or cyclic N) is 1. The number of nitrogens with one attached hydrogen (secondary N) is 1. The van der Waals surface area contributed by atoms with E-state index >= 15 is 0 Å². The summed E-state index contributed by atoms with van der Waals surface area (Å²) < 4.78 is 18.9. The Balaban J connectivity index is 1.62. The Labute approximate surface area is 127 Å². The largest absolute Gasteiger partial charge is 0.387 e. The van der Waals surface area contributed by atoms with E-state index in [9.17, 15) is 9.50 Å². The Hall–Kier alpha value is -1.83. The Kier molecular flexibility index (Phi) is 4.47. The number of nitrogens with zero attached hydrogens (tertiary/aromatic N) is 3. The van der Waals surface area contributed by atoms with Crippen molar-refractivity contribution in [3.63, 3.8) is 0 Å². The molecule has 7 heteroatoms. The first-order valence-electron chi connectivity index (χ1n) is 7.28. The minimum atomic E-state index is -0.733. The van der Waals surface area contributed by atoms with Crippen LogP contribution < -0.4 is 0 Å². The van der Waals surface area contributed by atoms with Crippen molar-refractivity contribution < 1.29 is 14.2 Å². The van der Waals surface area contributed by atoms with Gasteiger partial charge in [0.15, 0.2) is 5.82 Å². The van der Waals surface area contributed by atoms with Gasteiger partial charge in [-0.05, 0) is 24.6 Å². The number of aromatic amines is 1. The predicted molar refractivity (Wildman–Crippen MR) is 77.6 cm³/mol. The maximum absolute atomic E-state index is 13.2. The number of hydrogen-bond acceptors (Lipinski definition) is 5. The highest BCUT2D eigenvalue weighted by molar-refractivity contribution is 5.19. The number of morpholine rings is 1. The normalized spacial score (nSPS) is 21.0. The molecule has 0 bridgehead atoms. The van der Waals surface area contributed by atoms with Gasteiger partial charge in [-0.1, -0.05) is 12.1 Å². The molecule has 2 atom stereocenters. The third kappa shape index (κ3) is 3.49.